The molecule has 2 aliphatic heterocycles. The number of carbonyl (C=O) groups excluding carboxylic acids is 1. The van der Waals surface area contributed by atoms with Gasteiger partial charge in [0.1, 0.15) is 5.82 Å². The molecule has 4 aromatic rings. The van der Waals surface area contributed by atoms with Crippen molar-refractivity contribution in [1.82, 2.24) is 24.6 Å². The number of fused-ring (bicyclic) bond motifs is 1. The van der Waals surface area contributed by atoms with Crippen LogP contribution in [-0.4, -0.2) is 103 Å². The summed E-state index contributed by atoms with van der Waals surface area (Å²) in [7, 11) is 2.21. The molecule has 0 radical (unpaired) electrons. The molecule has 3 heterocycles. The first-order valence-electron chi connectivity index (χ1n) is 16.7. The highest BCUT2D eigenvalue weighted by molar-refractivity contribution is 5.94. The molecule has 238 valence electrons. The smallest absolute Gasteiger partial charge is 0.253 e. The minimum atomic E-state index is -0.196. The van der Waals surface area contributed by atoms with Crippen molar-refractivity contribution in [3.8, 4) is 0 Å². The third-order valence-electron chi connectivity index (χ3n) is 10.1. The summed E-state index contributed by atoms with van der Waals surface area (Å²) < 4.78 is 13.3. The number of H-pyrrole nitrogens is 1. The number of aryl methyl sites for hydroxylation is 2. The zero-order valence-corrected chi connectivity index (χ0v) is 27.2. The average Bonchev–Trinajstić information content (AvgIpc) is 3.35. The second kappa shape index (κ2) is 14.3. The van der Waals surface area contributed by atoms with E-state index >= 15 is 0 Å². The summed E-state index contributed by atoms with van der Waals surface area (Å²) in [6.07, 6.45) is 3.06. The van der Waals surface area contributed by atoms with Gasteiger partial charge in [0.25, 0.3) is 5.91 Å². The van der Waals surface area contributed by atoms with Gasteiger partial charge < -0.3 is 19.7 Å². The van der Waals surface area contributed by atoms with E-state index < -0.39 is 0 Å². The van der Waals surface area contributed by atoms with Crippen LogP contribution in [-0.2, 0) is 6.42 Å². The van der Waals surface area contributed by atoms with Gasteiger partial charge in [0.15, 0.2) is 0 Å². The van der Waals surface area contributed by atoms with Crippen LogP contribution >= 0.6 is 0 Å². The van der Waals surface area contributed by atoms with Crippen LogP contribution in [0.3, 0.4) is 0 Å². The van der Waals surface area contributed by atoms with Gasteiger partial charge in [0.05, 0.1) is 0 Å². The number of piperazine rings is 2. The van der Waals surface area contributed by atoms with Crippen LogP contribution in [0.4, 0.5) is 4.39 Å². The number of aromatic nitrogens is 1. The standard InChI is InChI=1S/C38H48FN5O/c1-28-29(2)40-37-14-11-32(27-36(28)37)35(8-5-16-42-20-18-41(3)19-21-42)31-6-4-7-33(26-31)38(45)44-24-22-43(23-25-44)17-15-30-9-12-34(39)13-10-30/h4,6-7,9-14,26-27,35,40H,5,8,15-25H2,1-3H3. The summed E-state index contributed by atoms with van der Waals surface area (Å²) in [6, 6.07) is 22.1. The lowest BCUT2D eigenvalue weighted by Crippen LogP contribution is -2.49. The molecule has 2 fully saturated rings. The van der Waals surface area contributed by atoms with Gasteiger partial charge in [-0.05, 0) is 105 Å². The number of hydrogen-bond donors (Lipinski definition) is 1. The van der Waals surface area contributed by atoms with Crippen molar-refractivity contribution >= 4 is 16.8 Å². The van der Waals surface area contributed by atoms with Crippen LogP contribution in [0, 0.1) is 19.7 Å². The lowest BCUT2D eigenvalue weighted by Gasteiger charge is -2.35. The predicted octanol–water partition coefficient (Wildman–Crippen LogP) is 6.08. The zero-order chi connectivity index (χ0) is 31.3. The third kappa shape index (κ3) is 7.66. The van der Waals surface area contributed by atoms with Gasteiger partial charge in [0.2, 0.25) is 0 Å². The second-order valence-electron chi connectivity index (χ2n) is 13.2. The number of rotatable bonds is 10. The largest absolute Gasteiger partial charge is 0.358 e. The van der Waals surface area contributed by atoms with Crippen molar-refractivity contribution in [3.63, 3.8) is 0 Å². The Morgan fingerprint density at radius 3 is 2.27 bits per heavy atom. The van der Waals surface area contributed by atoms with Gasteiger partial charge in [-0.25, -0.2) is 4.39 Å². The maximum Gasteiger partial charge on any atom is 0.253 e. The van der Waals surface area contributed by atoms with Crippen LogP contribution in [0.15, 0.2) is 66.7 Å². The summed E-state index contributed by atoms with van der Waals surface area (Å²) in [5.41, 5.74) is 8.19. The van der Waals surface area contributed by atoms with Crippen LogP contribution in [0.1, 0.15) is 57.1 Å². The molecule has 1 N–H and O–H groups in total. The van der Waals surface area contributed by atoms with E-state index in [0.29, 0.717) is 0 Å². The van der Waals surface area contributed by atoms with Gasteiger partial charge in [-0.3, -0.25) is 9.69 Å². The number of halogens is 1. The summed E-state index contributed by atoms with van der Waals surface area (Å²) in [5.74, 6) is 0.158. The Morgan fingerprint density at radius 1 is 0.822 bits per heavy atom. The highest BCUT2D eigenvalue weighted by Gasteiger charge is 2.24. The fourth-order valence-corrected chi connectivity index (χ4v) is 7.00. The molecule has 0 bridgehead atoms. The van der Waals surface area contributed by atoms with Gasteiger partial charge in [-0.1, -0.05) is 30.3 Å². The molecule has 6 rings (SSSR count). The summed E-state index contributed by atoms with van der Waals surface area (Å²) in [4.78, 5) is 26.7. The van der Waals surface area contributed by atoms with Crippen molar-refractivity contribution in [3.05, 3.63) is 106 Å². The Balaban J connectivity index is 1.14. The topological polar surface area (TPSA) is 45.8 Å². The van der Waals surface area contributed by atoms with Gasteiger partial charge in [-0.2, -0.15) is 0 Å². The summed E-state index contributed by atoms with van der Waals surface area (Å²) >= 11 is 0. The van der Waals surface area contributed by atoms with Crippen molar-refractivity contribution < 1.29 is 9.18 Å². The number of nitrogens with zero attached hydrogens (tertiary/aromatic N) is 4. The number of benzene rings is 3. The number of nitrogens with one attached hydrogen (secondary N) is 1. The quantitative estimate of drug-likeness (QED) is 0.237. The first-order chi connectivity index (χ1) is 21.8. The predicted molar refractivity (Wildman–Crippen MR) is 182 cm³/mol. The number of carbonyl (C=O) groups is 1. The van der Waals surface area contributed by atoms with Gasteiger partial charge >= 0.3 is 0 Å². The van der Waals surface area contributed by atoms with Crippen LogP contribution in [0.25, 0.3) is 10.9 Å². The van der Waals surface area contributed by atoms with Crippen molar-refractivity contribution in [2.45, 2.75) is 39.0 Å². The van der Waals surface area contributed by atoms with E-state index in [1.165, 1.54) is 45.4 Å². The minimum Gasteiger partial charge on any atom is -0.358 e. The van der Waals surface area contributed by atoms with E-state index in [9.17, 15) is 9.18 Å². The molecule has 7 heteroatoms. The summed E-state index contributed by atoms with van der Waals surface area (Å²) in [5, 5.41) is 1.29. The Labute approximate surface area is 267 Å². The van der Waals surface area contributed by atoms with Crippen LogP contribution < -0.4 is 0 Å². The minimum absolute atomic E-state index is 0.124. The average molecular weight is 610 g/mol. The molecule has 3 aromatic carbocycles. The highest BCUT2D eigenvalue weighted by atomic mass is 19.1. The molecule has 6 nitrogen and oxygen atoms in total. The Morgan fingerprint density at radius 2 is 1.51 bits per heavy atom. The second-order valence-corrected chi connectivity index (χ2v) is 13.2. The SMILES string of the molecule is Cc1[nH]c2ccc(C(CCCN3CCN(C)CC3)c3cccc(C(=O)N4CCN(CCc5ccc(F)cc5)CC4)c3)cc2c1C. The molecule has 2 saturated heterocycles. The van der Waals surface area contributed by atoms with Gasteiger partial charge in [0, 0.05) is 87.0 Å². The molecular formula is C38H48FN5O. The monoisotopic (exact) mass is 609 g/mol. The first kappa shape index (κ1) is 31.5. The number of hydrogen-bond acceptors (Lipinski definition) is 4. The molecule has 0 aliphatic carbocycles. The fraction of sp³-hybridized carbons (Fsp3) is 0.447. The maximum absolute atomic E-state index is 13.8. The Kier molecular flexibility index (Phi) is 9.98. The van der Waals surface area contributed by atoms with E-state index in [2.05, 4.69) is 77.0 Å². The highest BCUT2D eigenvalue weighted by Crippen LogP contribution is 2.33. The van der Waals surface area contributed by atoms with Crippen molar-refractivity contribution in [1.29, 1.82) is 0 Å². The first-order valence-corrected chi connectivity index (χ1v) is 16.7. The van der Waals surface area contributed by atoms with Crippen LogP contribution in [0.5, 0.6) is 0 Å². The molecule has 2 aliphatic rings. The normalized spacial score (nSPS) is 17.6. The van der Waals surface area contributed by atoms with E-state index in [1.54, 1.807) is 0 Å². The van der Waals surface area contributed by atoms with E-state index in [-0.39, 0.29) is 17.6 Å². The van der Waals surface area contributed by atoms with Crippen molar-refractivity contribution in [2.24, 2.45) is 0 Å². The van der Waals surface area contributed by atoms with E-state index in [1.807, 2.05) is 23.1 Å². The number of aromatic amines is 1. The molecular weight excluding hydrogens is 561 g/mol. The summed E-state index contributed by atoms with van der Waals surface area (Å²) in [6.45, 7) is 14.1. The van der Waals surface area contributed by atoms with Crippen LogP contribution in [0.2, 0.25) is 0 Å². The molecule has 1 amide bonds. The molecule has 0 saturated carbocycles. The lowest BCUT2D eigenvalue weighted by molar-refractivity contribution is 0.0638. The molecule has 45 heavy (non-hydrogen) atoms. The zero-order valence-electron chi connectivity index (χ0n) is 27.2. The number of likely N-dealkylation sites (N-methyl/N-ethyl adjacent to an activating group) is 1. The maximum atomic E-state index is 13.8. The molecule has 1 unspecified atom stereocenters. The molecule has 0 spiro atoms. The van der Waals surface area contributed by atoms with E-state index in [0.717, 1.165) is 95.8 Å². The molecule has 1 atom stereocenters. The third-order valence-corrected chi connectivity index (χ3v) is 10.1. The Bertz CT molecular complexity index is 1580. The van der Waals surface area contributed by atoms with E-state index in [4.69, 9.17) is 0 Å². The van der Waals surface area contributed by atoms with Gasteiger partial charge in [-0.15, -0.1) is 0 Å². The van der Waals surface area contributed by atoms with Crippen molar-refractivity contribution in [2.75, 3.05) is 72.5 Å². The molecule has 1 aromatic heterocycles. The number of amides is 1. The fourth-order valence-electron chi connectivity index (χ4n) is 7.00. The Hall–Kier alpha value is -3.52. The lowest BCUT2D eigenvalue weighted by atomic mass is 9.85.